The van der Waals surface area contributed by atoms with Crippen LogP contribution in [0.5, 0.6) is 0 Å². The molecule has 1 amide bonds. The minimum atomic E-state index is -0.298. The lowest BCUT2D eigenvalue weighted by atomic mass is 10.1. The summed E-state index contributed by atoms with van der Waals surface area (Å²) < 4.78 is 0. The Labute approximate surface area is 116 Å². The third-order valence-electron chi connectivity index (χ3n) is 2.41. The molecule has 0 aliphatic heterocycles. The van der Waals surface area contributed by atoms with Gasteiger partial charge in [-0.05, 0) is 24.6 Å². The van der Waals surface area contributed by atoms with E-state index in [-0.39, 0.29) is 11.9 Å². The molecule has 0 fully saturated rings. The zero-order valence-electron chi connectivity index (χ0n) is 10.4. The van der Waals surface area contributed by atoms with E-state index in [0.29, 0.717) is 10.7 Å². The van der Waals surface area contributed by atoms with Crippen LogP contribution in [-0.4, -0.2) is 20.9 Å². The summed E-state index contributed by atoms with van der Waals surface area (Å²) in [4.78, 5) is 24.1. The van der Waals surface area contributed by atoms with Crippen molar-refractivity contribution >= 4 is 23.5 Å². The second kappa shape index (κ2) is 6.24. The van der Waals surface area contributed by atoms with E-state index >= 15 is 0 Å². The molecule has 0 spiro atoms. The van der Waals surface area contributed by atoms with Crippen LogP contribution in [0.1, 0.15) is 29.4 Å². The lowest BCUT2D eigenvalue weighted by Crippen LogP contribution is -2.14. The van der Waals surface area contributed by atoms with E-state index in [9.17, 15) is 4.79 Å². The van der Waals surface area contributed by atoms with Crippen LogP contribution >= 0.6 is 11.6 Å². The van der Waals surface area contributed by atoms with Gasteiger partial charge in [0, 0.05) is 23.7 Å². The standard InChI is InChI=1S/C13H13ClN4O/c1-2-4-10-7-9(8-11(14)17-10)12(19)18-13-15-5-3-6-16-13/h3,5-8H,2,4H2,1H3,(H,15,16,18,19). The minimum Gasteiger partial charge on any atom is -0.290 e. The first-order chi connectivity index (χ1) is 9.19. The summed E-state index contributed by atoms with van der Waals surface area (Å²) >= 11 is 5.91. The average Bonchev–Trinajstić information content (AvgIpc) is 2.39. The van der Waals surface area contributed by atoms with Gasteiger partial charge in [-0.1, -0.05) is 24.9 Å². The monoisotopic (exact) mass is 276 g/mol. The molecule has 0 aliphatic carbocycles. The van der Waals surface area contributed by atoms with Crippen LogP contribution in [0.25, 0.3) is 0 Å². The molecule has 0 unspecified atom stereocenters. The van der Waals surface area contributed by atoms with Gasteiger partial charge in [0.25, 0.3) is 5.91 Å². The van der Waals surface area contributed by atoms with Gasteiger partial charge in [-0.15, -0.1) is 0 Å². The Morgan fingerprint density at radius 3 is 2.74 bits per heavy atom. The molecule has 19 heavy (non-hydrogen) atoms. The molecule has 0 radical (unpaired) electrons. The fourth-order valence-electron chi connectivity index (χ4n) is 1.60. The third-order valence-corrected chi connectivity index (χ3v) is 2.60. The first-order valence-corrected chi connectivity index (χ1v) is 6.31. The molecule has 0 bridgehead atoms. The van der Waals surface area contributed by atoms with Crippen LogP contribution in [-0.2, 0) is 6.42 Å². The van der Waals surface area contributed by atoms with Crippen molar-refractivity contribution in [2.75, 3.05) is 5.32 Å². The fraction of sp³-hybridized carbons (Fsp3) is 0.231. The number of halogens is 1. The number of hydrogen-bond acceptors (Lipinski definition) is 4. The number of carbonyl (C=O) groups is 1. The first kappa shape index (κ1) is 13.4. The summed E-state index contributed by atoms with van der Waals surface area (Å²) in [5.74, 6) is -0.0367. The van der Waals surface area contributed by atoms with Gasteiger partial charge in [0.2, 0.25) is 5.95 Å². The Kier molecular flexibility index (Phi) is 4.41. The Balaban J connectivity index is 2.19. The molecule has 2 rings (SSSR count). The molecule has 0 aromatic carbocycles. The van der Waals surface area contributed by atoms with Crippen molar-refractivity contribution in [3.63, 3.8) is 0 Å². The van der Waals surface area contributed by atoms with Crippen LogP contribution in [0.15, 0.2) is 30.6 Å². The van der Waals surface area contributed by atoms with Crippen molar-refractivity contribution in [3.05, 3.63) is 47.0 Å². The molecule has 2 aromatic rings. The third kappa shape index (κ3) is 3.72. The summed E-state index contributed by atoms with van der Waals surface area (Å²) in [6.45, 7) is 2.04. The van der Waals surface area contributed by atoms with Gasteiger partial charge in [-0.25, -0.2) is 15.0 Å². The van der Waals surface area contributed by atoms with Crippen LogP contribution in [0.3, 0.4) is 0 Å². The van der Waals surface area contributed by atoms with Gasteiger partial charge in [0.05, 0.1) is 0 Å². The number of aryl methyl sites for hydroxylation is 1. The molecule has 0 saturated heterocycles. The second-order valence-corrected chi connectivity index (χ2v) is 4.33. The number of nitrogens with zero attached hydrogens (tertiary/aromatic N) is 3. The Morgan fingerprint density at radius 1 is 1.32 bits per heavy atom. The van der Waals surface area contributed by atoms with Crippen LogP contribution in [0, 0.1) is 0 Å². The summed E-state index contributed by atoms with van der Waals surface area (Å²) in [6.07, 6.45) is 4.84. The molecule has 0 atom stereocenters. The average molecular weight is 277 g/mol. The van der Waals surface area contributed by atoms with E-state index in [2.05, 4.69) is 20.3 Å². The Hall–Kier alpha value is -2.01. The SMILES string of the molecule is CCCc1cc(C(=O)Nc2ncccn2)cc(Cl)n1. The zero-order valence-corrected chi connectivity index (χ0v) is 11.2. The predicted octanol–water partition coefficient (Wildman–Crippen LogP) is 2.73. The highest BCUT2D eigenvalue weighted by atomic mass is 35.5. The van der Waals surface area contributed by atoms with E-state index in [0.717, 1.165) is 18.5 Å². The van der Waals surface area contributed by atoms with Crippen molar-refractivity contribution in [1.29, 1.82) is 0 Å². The number of hydrogen-bond donors (Lipinski definition) is 1. The second-order valence-electron chi connectivity index (χ2n) is 3.95. The molecule has 0 aliphatic rings. The van der Waals surface area contributed by atoms with E-state index in [4.69, 9.17) is 11.6 Å². The summed E-state index contributed by atoms with van der Waals surface area (Å²) in [7, 11) is 0. The number of pyridine rings is 1. The molecule has 6 heteroatoms. The quantitative estimate of drug-likeness (QED) is 0.872. The van der Waals surface area contributed by atoms with Gasteiger partial charge in [-0.3, -0.25) is 10.1 Å². The summed E-state index contributed by atoms with van der Waals surface area (Å²) in [6, 6.07) is 4.94. The van der Waals surface area contributed by atoms with Gasteiger partial charge in [-0.2, -0.15) is 0 Å². The van der Waals surface area contributed by atoms with Crippen LogP contribution < -0.4 is 5.32 Å². The Bertz CT molecular complexity index is 574. The Morgan fingerprint density at radius 2 is 2.05 bits per heavy atom. The number of rotatable bonds is 4. The number of carbonyl (C=O) groups excluding carboxylic acids is 1. The number of aromatic nitrogens is 3. The van der Waals surface area contributed by atoms with Gasteiger partial charge < -0.3 is 0 Å². The molecule has 98 valence electrons. The number of amides is 1. The van der Waals surface area contributed by atoms with Crippen LogP contribution in [0.4, 0.5) is 5.95 Å². The molecule has 0 saturated carbocycles. The van der Waals surface area contributed by atoms with E-state index in [1.807, 2.05) is 6.92 Å². The maximum Gasteiger partial charge on any atom is 0.258 e. The molecule has 2 aromatic heterocycles. The van der Waals surface area contributed by atoms with Crippen molar-refractivity contribution in [2.24, 2.45) is 0 Å². The zero-order chi connectivity index (χ0) is 13.7. The molecule has 5 nitrogen and oxygen atoms in total. The molecule has 2 heterocycles. The van der Waals surface area contributed by atoms with Gasteiger partial charge >= 0.3 is 0 Å². The van der Waals surface area contributed by atoms with E-state index < -0.39 is 0 Å². The predicted molar refractivity (Wildman–Crippen MR) is 73.2 cm³/mol. The van der Waals surface area contributed by atoms with Crippen molar-refractivity contribution < 1.29 is 4.79 Å². The summed E-state index contributed by atoms with van der Waals surface area (Å²) in [5.41, 5.74) is 1.25. The van der Waals surface area contributed by atoms with E-state index in [1.54, 1.807) is 24.5 Å². The highest BCUT2D eigenvalue weighted by molar-refractivity contribution is 6.29. The molecular formula is C13H13ClN4O. The van der Waals surface area contributed by atoms with Crippen molar-refractivity contribution in [2.45, 2.75) is 19.8 Å². The number of nitrogens with one attached hydrogen (secondary N) is 1. The number of anilines is 1. The summed E-state index contributed by atoms with van der Waals surface area (Å²) in [5, 5.41) is 2.92. The highest BCUT2D eigenvalue weighted by Gasteiger charge is 2.10. The lowest BCUT2D eigenvalue weighted by molar-refractivity contribution is 0.102. The van der Waals surface area contributed by atoms with Gasteiger partial charge in [0.1, 0.15) is 5.15 Å². The maximum absolute atomic E-state index is 12.0. The maximum atomic E-state index is 12.0. The van der Waals surface area contributed by atoms with E-state index in [1.165, 1.54) is 6.07 Å². The van der Waals surface area contributed by atoms with Crippen LogP contribution in [0.2, 0.25) is 5.15 Å². The normalized spacial score (nSPS) is 10.2. The first-order valence-electron chi connectivity index (χ1n) is 5.94. The molecule has 1 N–H and O–H groups in total. The lowest BCUT2D eigenvalue weighted by Gasteiger charge is -2.05. The molecular weight excluding hydrogens is 264 g/mol. The minimum absolute atomic E-state index is 0.262. The fourth-order valence-corrected chi connectivity index (χ4v) is 1.83. The van der Waals surface area contributed by atoms with Crippen molar-refractivity contribution in [1.82, 2.24) is 15.0 Å². The highest BCUT2D eigenvalue weighted by Crippen LogP contribution is 2.13. The smallest absolute Gasteiger partial charge is 0.258 e. The topological polar surface area (TPSA) is 67.8 Å². The van der Waals surface area contributed by atoms with Gasteiger partial charge in [0.15, 0.2) is 0 Å². The van der Waals surface area contributed by atoms with Crippen molar-refractivity contribution in [3.8, 4) is 0 Å². The largest absolute Gasteiger partial charge is 0.290 e.